The molecule has 0 radical (unpaired) electrons. The first-order chi connectivity index (χ1) is 7.67. The van der Waals surface area contributed by atoms with Crippen molar-refractivity contribution in [3.63, 3.8) is 0 Å². The zero-order valence-corrected chi connectivity index (χ0v) is 10.9. The van der Waals surface area contributed by atoms with E-state index in [0.29, 0.717) is 6.42 Å². The molecule has 0 aromatic heterocycles. The Balaban J connectivity index is 2.62. The van der Waals surface area contributed by atoms with Crippen molar-refractivity contribution in [2.75, 3.05) is 5.75 Å². The van der Waals surface area contributed by atoms with Gasteiger partial charge in [-0.1, -0.05) is 38.1 Å². The average Bonchev–Trinajstić information content (AvgIpc) is 2.30. The van der Waals surface area contributed by atoms with E-state index in [1.54, 1.807) is 0 Å². The van der Waals surface area contributed by atoms with Crippen LogP contribution in [0, 0.1) is 0 Å². The highest BCUT2D eigenvalue weighted by atomic mass is 32.2. The van der Waals surface area contributed by atoms with Crippen LogP contribution >= 0.6 is 11.8 Å². The first kappa shape index (κ1) is 13.3. The van der Waals surface area contributed by atoms with Crippen molar-refractivity contribution < 1.29 is 5.11 Å². The fourth-order valence-corrected chi connectivity index (χ4v) is 2.15. The molecule has 0 aliphatic carbocycles. The summed E-state index contributed by atoms with van der Waals surface area (Å²) in [5.41, 5.74) is 2.08. The zero-order chi connectivity index (χ0) is 12.0. The molecule has 1 N–H and O–H groups in total. The van der Waals surface area contributed by atoms with E-state index in [9.17, 15) is 5.11 Å². The van der Waals surface area contributed by atoms with E-state index < -0.39 is 6.10 Å². The molecule has 0 bridgehead atoms. The van der Waals surface area contributed by atoms with Crippen LogP contribution in [0.1, 0.15) is 38.4 Å². The van der Waals surface area contributed by atoms with Gasteiger partial charge in [-0.3, -0.25) is 0 Å². The minimum absolute atomic E-state index is 0.409. The normalized spacial score (nSPS) is 12.4. The second-order valence-corrected chi connectivity index (χ2v) is 5.16. The molecule has 0 aliphatic heterocycles. The van der Waals surface area contributed by atoms with Crippen LogP contribution in [0.5, 0.6) is 0 Å². The lowest BCUT2D eigenvalue weighted by atomic mass is 10.0. The van der Waals surface area contributed by atoms with Crippen LogP contribution in [0.4, 0.5) is 0 Å². The van der Waals surface area contributed by atoms with E-state index in [1.807, 2.05) is 23.9 Å². The minimum Gasteiger partial charge on any atom is -0.388 e. The Morgan fingerprint density at radius 3 is 2.44 bits per heavy atom. The topological polar surface area (TPSA) is 20.2 Å². The third-order valence-corrected chi connectivity index (χ3v) is 3.45. The minimum atomic E-state index is -0.409. The molecule has 0 saturated carbocycles. The highest BCUT2D eigenvalue weighted by molar-refractivity contribution is 7.99. The predicted molar refractivity (Wildman–Crippen MR) is 71.8 cm³/mol. The molecule has 1 rings (SSSR count). The van der Waals surface area contributed by atoms with E-state index in [4.69, 9.17) is 0 Å². The maximum absolute atomic E-state index is 9.98. The van der Waals surface area contributed by atoms with Gasteiger partial charge in [0.1, 0.15) is 0 Å². The van der Waals surface area contributed by atoms with Crippen LogP contribution in [-0.4, -0.2) is 10.9 Å². The molecule has 0 spiro atoms. The van der Waals surface area contributed by atoms with Crippen LogP contribution in [0.25, 0.3) is 0 Å². The molecule has 16 heavy (non-hydrogen) atoms. The molecule has 0 aliphatic rings. The maximum atomic E-state index is 9.98. The summed E-state index contributed by atoms with van der Waals surface area (Å²) >= 11 is 1.81. The Labute approximate surface area is 103 Å². The summed E-state index contributed by atoms with van der Waals surface area (Å²) in [5, 5.41) is 9.98. The van der Waals surface area contributed by atoms with Crippen molar-refractivity contribution >= 4 is 11.8 Å². The summed E-state index contributed by atoms with van der Waals surface area (Å²) in [5.74, 6) is 1.08. The Morgan fingerprint density at radius 2 is 1.94 bits per heavy atom. The van der Waals surface area contributed by atoms with Gasteiger partial charge in [-0.25, -0.2) is 0 Å². The molecular formula is C14H20OS. The smallest absolute Gasteiger partial charge is 0.0827 e. The average molecular weight is 236 g/mol. The van der Waals surface area contributed by atoms with E-state index >= 15 is 0 Å². The fraction of sp³-hybridized carbons (Fsp3) is 0.429. The van der Waals surface area contributed by atoms with Crippen molar-refractivity contribution in [2.45, 2.75) is 37.7 Å². The number of rotatable bonds is 6. The molecule has 1 unspecified atom stereocenters. The van der Waals surface area contributed by atoms with Crippen LogP contribution < -0.4 is 0 Å². The van der Waals surface area contributed by atoms with Gasteiger partial charge in [0, 0.05) is 4.90 Å². The van der Waals surface area contributed by atoms with Crippen molar-refractivity contribution in [1.29, 1.82) is 0 Å². The Hall–Kier alpha value is -0.730. The summed E-state index contributed by atoms with van der Waals surface area (Å²) < 4.78 is 0. The molecule has 1 atom stereocenters. The first-order valence-corrected chi connectivity index (χ1v) is 6.73. The quantitative estimate of drug-likeness (QED) is 0.590. The van der Waals surface area contributed by atoms with Gasteiger partial charge in [-0.2, -0.15) is 0 Å². The van der Waals surface area contributed by atoms with Crippen LogP contribution in [-0.2, 0) is 0 Å². The summed E-state index contributed by atoms with van der Waals surface area (Å²) in [6, 6.07) is 8.15. The Bertz CT molecular complexity index is 329. The number of hydrogen-bond donors (Lipinski definition) is 1. The number of aliphatic hydroxyl groups is 1. The van der Waals surface area contributed by atoms with Crippen molar-refractivity contribution in [3.05, 3.63) is 42.0 Å². The molecule has 0 fully saturated rings. The highest BCUT2D eigenvalue weighted by Gasteiger charge is 2.08. The van der Waals surface area contributed by atoms with Crippen molar-refractivity contribution in [3.8, 4) is 0 Å². The van der Waals surface area contributed by atoms with Crippen molar-refractivity contribution in [1.82, 2.24) is 0 Å². The van der Waals surface area contributed by atoms with Gasteiger partial charge in [0.05, 0.1) is 6.10 Å². The standard InChI is InChI=1S/C14H20OS/c1-4-11(3)10-14(15)12-6-8-13(9-7-12)16-5-2/h6-9,14-15H,3-5,10H2,1-2H3. The molecule has 1 aromatic rings. The lowest BCUT2D eigenvalue weighted by Gasteiger charge is -2.12. The van der Waals surface area contributed by atoms with Gasteiger partial charge in [0.15, 0.2) is 0 Å². The summed E-state index contributed by atoms with van der Waals surface area (Å²) in [6.45, 7) is 8.12. The third-order valence-electron chi connectivity index (χ3n) is 2.56. The SMILES string of the molecule is C=C(CC)CC(O)c1ccc(SCC)cc1. The van der Waals surface area contributed by atoms with Crippen LogP contribution in [0.15, 0.2) is 41.3 Å². The Morgan fingerprint density at radius 1 is 1.31 bits per heavy atom. The summed E-state index contributed by atoms with van der Waals surface area (Å²) in [7, 11) is 0. The van der Waals surface area contributed by atoms with E-state index in [1.165, 1.54) is 4.90 Å². The van der Waals surface area contributed by atoms with Crippen LogP contribution in [0.3, 0.4) is 0 Å². The Kier molecular flexibility index (Phi) is 5.64. The monoisotopic (exact) mass is 236 g/mol. The summed E-state index contributed by atoms with van der Waals surface area (Å²) in [4.78, 5) is 1.26. The van der Waals surface area contributed by atoms with Gasteiger partial charge in [0.2, 0.25) is 0 Å². The number of hydrogen-bond acceptors (Lipinski definition) is 2. The molecule has 1 aromatic carbocycles. The van der Waals surface area contributed by atoms with Gasteiger partial charge in [-0.05, 0) is 36.3 Å². The fourth-order valence-electron chi connectivity index (χ4n) is 1.49. The number of thioether (sulfide) groups is 1. The van der Waals surface area contributed by atoms with E-state index in [0.717, 1.165) is 23.3 Å². The van der Waals surface area contributed by atoms with Gasteiger partial charge >= 0.3 is 0 Å². The van der Waals surface area contributed by atoms with E-state index in [2.05, 4.69) is 32.6 Å². The molecule has 1 nitrogen and oxygen atoms in total. The first-order valence-electron chi connectivity index (χ1n) is 5.74. The number of aliphatic hydroxyl groups excluding tert-OH is 1. The van der Waals surface area contributed by atoms with Gasteiger partial charge in [0.25, 0.3) is 0 Å². The second-order valence-electron chi connectivity index (χ2n) is 3.83. The molecular weight excluding hydrogens is 216 g/mol. The van der Waals surface area contributed by atoms with Crippen molar-refractivity contribution in [2.24, 2.45) is 0 Å². The molecule has 2 heteroatoms. The lowest BCUT2D eigenvalue weighted by Crippen LogP contribution is -1.98. The largest absolute Gasteiger partial charge is 0.388 e. The van der Waals surface area contributed by atoms with E-state index in [-0.39, 0.29) is 0 Å². The zero-order valence-electron chi connectivity index (χ0n) is 10.1. The molecule has 0 amide bonds. The maximum Gasteiger partial charge on any atom is 0.0827 e. The predicted octanol–water partition coefficient (Wildman–Crippen LogP) is 4.19. The summed E-state index contributed by atoms with van der Waals surface area (Å²) in [6.07, 6.45) is 1.19. The highest BCUT2D eigenvalue weighted by Crippen LogP contribution is 2.24. The molecule has 0 saturated heterocycles. The second kappa shape index (κ2) is 6.77. The molecule has 0 heterocycles. The molecule has 88 valence electrons. The number of benzene rings is 1. The lowest BCUT2D eigenvalue weighted by molar-refractivity contribution is 0.177. The van der Waals surface area contributed by atoms with Crippen LogP contribution in [0.2, 0.25) is 0 Å². The van der Waals surface area contributed by atoms with Gasteiger partial charge in [-0.15, -0.1) is 11.8 Å². The third kappa shape index (κ3) is 4.03. The van der Waals surface area contributed by atoms with Gasteiger partial charge < -0.3 is 5.11 Å².